The van der Waals surface area contributed by atoms with E-state index in [0.717, 1.165) is 31.9 Å². The molecule has 0 spiro atoms. The van der Waals surface area contributed by atoms with Crippen LogP contribution in [0.25, 0.3) is 0 Å². The Bertz CT molecular complexity index is 531. The zero-order valence-corrected chi connectivity index (χ0v) is 13.9. The van der Waals surface area contributed by atoms with Crippen LogP contribution >= 0.6 is 11.6 Å². The summed E-state index contributed by atoms with van der Waals surface area (Å²) in [6, 6.07) is 4.58. The largest absolute Gasteiger partial charge is 0.373 e. The molecule has 0 N–H and O–H groups in total. The van der Waals surface area contributed by atoms with E-state index in [9.17, 15) is 10.1 Å². The van der Waals surface area contributed by atoms with Crippen molar-refractivity contribution in [1.82, 2.24) is 4.90 Å². The van der Waals surface area contributed by atoms with Crippen molar-refractivity contribution in [2.45, 2.75) is 26.1 Å². The van der Waals surface area contributed by atoms with Gasteiger partial charge in [0.05, 0.1) is 27.8 Å². The number of nitro groups is 1. The molecule has 1 aliphatic rings. The Morgan fingerprint density at radius 2 is 2.05 bits per heavy atom. The maximum Gasteiger partial charge on any atom is 0.271 e. The van der Waals surface area contributed by atoms with Gasteiger partial charge in [0.2, 0.25) is 0 Å². The molecule has 0 bridgehead atoms. The van der Waals surface area contributed by atoms with Crippen LogP contribution in [0.15, 0.2) is 18.2 Å². The van der Waals surface area contributed by atoms with Crippen molar-refractivity contribution in [2.75, 3.05) is 38.1 Å². The molecule has 6 nitrogen and oxygen atoms in total. The van der Waals surface area contributed by atoms with Crippen molar-refractivity contribution in [1.29, 1.82) is 0 Å². The van der Waals surface area contributed by atoms with E-state index >= 15 is 0 Å². The number of likely N-dealkylation sites (N-methyl/N-ethyl adjacent to an activating group) is 1. The maximum atomic E-state index is 10.7. The highest BCUT2D eigenvalue weighted by Gasteiger charge is 2.22. The van der Waals surface area contributed by atoms with Crippen LogP contribution in [0.4, 0.5) is 11.4 Å². The minimum Gasteiger partial charge on any atom is -0.373 e. The van der Waals surface area contributed by atoms with E-state index in [1.165, 1.54) is 12.1 Å². The first-order valence-electron chi connectivity index (χ1n) is 7.39. The first-order chi connectivity index (χ1) is 10.4. The van der Waals surface area contributed by atoms with E-state index in [4.69, 9.17) is 16.3 Å². The highest BCUT2D eigenvalue weighted by atomic mass is 35.5. The second kappa shape index (κ2) is 7.26. The smallest absolute Gasteiger partial charge is 0.271 e. The molecule has 22 heavy (non-hydrogen) atoms. The summed E-state index contributed by atoms with van der Waals surface area (Å²) < 4.78 is 5.72. The molecule has 2 rings (SSSR count). The summed E-state index contributed by atoms with van der Waals surface area (Å²) in [5.74, 6) is 0. The third-order valence-corrected chi connectivity index (χ3v) is 4.10. The monoisotopic (exact) mass is 327 g/mol. The van der Waals surface area contributed by atoms with Gasteiger partial charge in [0.1, 0.15) is 0 Å². The summed E-state index contributed by atoms with van der Waals surface area (Å²) in [6.07, 6.45) is 0.494. The minimum atomic E-state index is -0.438. The van der Waals surface area contributed by atoms with Crippen LogP contribution < -0.4 is 4.90 Å². The Labute approximate surface area is 135 Å². The van der Waals surface area contributed by atoms with Gasteiger partial charge >= 0.3 is 0 Å². The molecule has 1 aromatic rings. The standard InChI is InChI=1S/C15H22ClN3O3/c1-11-9-18(10-12(2)22-11)7-6-17(3)15-5-4-13(19(20)21)8-14(15)16/h4-5,8,11-12H,6-7,9-10H2,1-3H3/t11-,12+. The zero-order chi connectivity index (χ0) is 16.3. The molecule has 2 atom stereocenters. The molecule has 7 heteroatoms. The number of hydrogen-bond donors (Lipinski definition) is 0. The SMILES string of the molecule is C[C@@H]1CN(CCN(C)c2ccc([N+](=O)[O-])cc2Cl)C[C@H](C)O1. The highest BCUT2D eigenvalue weighted by Crippen LogP contribution is 2.29. The fourth-order valence-electron chi connectivity index (χ4n) is 2.80. The fourth-order valence-corrected chi connectivity index (χ4v) is 3.12. The number of nitro benzene ring substituents is 1. The Hall–Kier alpha value is -1.37. The van der Waals surface area contributed by atoms with Crippen molar-refractivity contribution in [3.05, 3.63) is 33.3 Å². The Balaban J connectivity index is 1.94. The third kappa shape index (κ3) is 4.32. The van der Waals surface area contributed by atoms with E-state index in [-0.39, 0.29) is 17.9 Å². The summed E-state index contributed by atoms with van der Waals surface area (Å²) >= 11 is 6.16. The van der Waals surface area contributed by atoms with Gasteiger partial charge in [0, 0.05) is 45.4 Å². The Morgan fingerprint density at radius 1 is 1.41 bits per heavy atom. The number of ether oxygens (including phenoxy) is 1. The average Bonchev–Trinajstić information content (AvgIpc) is 2.43. The molecule has 0 aromatic heterocycles. The molecule has 1 saturated heterocycles. The van der Waals surface area contributed by atoms with Crippen LogP contribution in [-0.2, 0) is 4.74 Å². The third-order valence-electron chi connectivity index (χ3n) is 3.80. The van der Waals surface area contributed by atoms with Gasteiger partial charge < -0.3 is 9.64 Å². The molecule has 1 fully saturated rings. The summed E-state index contributed by atoms with van der Waals surface area (Å²) in [5.41, 5.74) is 0.819. The summed E-state index contributed by atoms with van der Waals surface area (Å²) in [6.45, 7) is 7.72. The van der Waals surface area contributed by atoms with E-state index in [2.05, 4.69) is 18.7 Å². The molecule has 0 unspecified atom stereocenters. The van der Waals surface area contributed by atoms with Crippen molar-refractivity contribution in [3.63, 3.8) is 0 Å². The van der Waals surface area contributed by atoms with Crippen LogP contribution in [-0.4, -0.2) is 55.3 Å². The van der Waals surface area contributed by atoms with Crippen molar-refractivity contribution in [3.8, 4) is 0 Å². The second-order valence-corrected chi connectivity index (χ2v) is 6.24. The number of anilines is 1. The highest BCUT2D eigenvalue weighted by molar-refractivity contribution is 6.33. The molecule has 0 radical (unpaired) electrons. The summed E-state index contributed by atoms with van der Waals surface area (Å²) in [4.78, 5) is 14.7. The van der Waals surface area contributed by atoms with Crippen molar-refractivity contribution in [2.24, 2.45) is 0 Å². The maximum absolute atomic E-state index is 10.7. The lowest BCUT2D eigenvalue weighted by molar-refractivity contribution is -0.384. The molecule has 1 aromatic carbocycles. The lowest BCUT2D eigenvalue weighted by Crippen LogP contribution is -2.47. The van der Waals surface area contributed by atoms with E-state index in [1.807, 2.05) is 11.9 Å². The van der Waals surface area contributed by atoms with E-state index in [0.29, 0.717) is 5.02 Å². The topological polar surface area (TPSA) is 58.9 Å². The van der Waals surface area contributed by atoms with Gasteiger partial charge in [-0.05, 0) is 19.9 Å². The normalized spacial score (nSPS) is 22.5. The number of non-ortho nitro benzene ring substituents is 1. The number of benzene rings is 1. The van der Waals surface area contributed by atoms with Gasteiger partial charge in [-0.25, -0.2) is 0 Å². The summed E-state index contributed by atoms with van der Waals surface area (Å²) in [5, 5.41) is 11.1. The quantitative estimate of drug-likeness (QED) is 0.615. The van der Waals surface area contributed by atoms with E-state index in [1.54, 1.807) is 6.07 Å². The summed E-state index contributed by atoms with van der Waals surface area (Å²) in [7, 11) is 1.94. The van der Waals surface area contributed by atoms with Gasteiger partial charge in [-0.2, -0.15) is 0 Å². The number of nitrogens with zero attached hydrogens (tertiary/aromatic N) is 3. The number of hydrogen-bond acceptors (Lipinski definition) is 5. The van der Waals surface area contributed by atoms with Crippen LogP contribution in [0.2, 0.25) is 5.02 Å². The Kier molecular flexibility index (Phi) is 5.61. The molecule has 1 heterocycles. The number of morpholine rings is 1. The molecular weight excluding hydrogens is 306 g/mol. The number of rotatable bonds is 5. The molecule has 0 amide bonds. The van der Waals surface area contributed by atoms with E-state index < -0.39 is 4.92 Å². The van der Waals surface area contributed by atoms with Crippen LogP contribution in [0.5, 0.6) is 0 Å². The second-order valence-electron chi connectivity index (χ2n) is 5.83. The van der Waals surface area contributed by atoms with Crippen LogP contribution in [0.3, 0.4) is 0 Å². The van der Waals surface area contributed by atoms with Gasteiger partial charge in [-0.15, -0.1) is 0 Å². The minimum absolute atomic E-state index is 0.0120. The van der Waals surface area contributed by atoms with Crippen molar-refractivity contribution < 1.29 is 9.66 Å². The average molecular weight is 328 g/mol. The first kappa shape index (κ1) is 17.0. The Morgan fingerprint density at radius 3 is 2.59 bits per heavy atom. The van der Waals surface area contributed by atoms with Crippen molar-refractivity contribution >= 4 is 23.0 Å². The van der Waals surface area contributed by atoms with Gasteiger partial charge in [-0.3, -0.25) is 15.0 Å². The van der Waals surface area contributed by atoms with Crippen LogP contribution in [0.1, 0.15) is 13.8 Å². The molecule has 122 valence electrons. The predicted octanol–water partition coefficient (Wildman–Crippen LogP) is 2.79. The zero-order valence-electron chi connectivity index (χ0n) is 13.2. The molecule has 1 aliphatic heterocycles. The lowest BCUT2D eigenvalue weighted by Gasteiger charge is -2.36. The predicted molar refractivity (Wildman–Crippen MR) is 87.8 cm³/mol. The lowest BCUT2D eigenvalue weighted by atomic mass is 10.2. The van der Waals surface area contributed by atoms with Gasteiger partial charge in [-0.1, -0.05) is 11.6 Å². The molecule has 0 aliphatic carbocycles. The van der Waals surface area contributed by atoms with Gasteiger partial charge in [0.15, 0.2) is 0 Å². The van der Waals surface area contributed by atoms with Gasteiger partial charge in [0.25, 0.3) is 5.69 Å². The fraction of sp³-hybridized carbons (Fsp3) is 0.600. The first-order valence-corrected chi connectivity index (χ1v) is 7.77. The molecular formula is C15H22ClN3O3. The number of halogens is 1. The van der Waals surface area contributed by atoms with Crippen LogP contribution in [0, 0.1) is 10.1 Å². The molecule has 0 saturated carbocycles.